The molecule has 0 aromatic heterocycles. The Labute approximate surface area is 330 Å². The summed E-state index contributed by atoms with van der Waals surface area (Å²) in [6.07, 6.45) is 0.183. The molecule has 0 saturated carbocycles. The summed E-state index contributed by atoms with van der Waals surface area (Å²) in [7, 11) is -7.73. The van der Waals surface area contributed by atoms with Crippen molar-refractivity contribution in [3.05, 3.63) is 144 Å². The van der Waals surface area contributed by atoms with Crippen LogP contribution in [0.2, 0.25) is 0 Å². The van der Waals surface area contributed by atoms with Gasteiger partial charge in [-0.2, -0.15) is 0 Å². The molecule has 2 amide bonds. The van der Waals surface area contributed by atoms with Crippen LogP contribution < -0.4 is 0 Å². The average Bonchev–Trinajstić information content (AvgIpc) is 3.55. The topological polar surface area (TPSA) is 190 Å². The molecule has 1 fully saturated rings. The molecule has 1 aliphatic heterocycles. The van der Waals surface area contributed by atoms with Gasteiger partial charge in [-0.15, -0.1) is 5.06 Å². The van der Waals surface area contributed by atoms with Crippen LogP contribution >= 0.6 is 15.6 Å². The van der Waals surface area contributed by atoms with Crippen molar-refractivity contribution < 1.29 is 65.4 Å². The molecule has 1 aliphatic rings. The van der Waals surface area contributed by atoms with Gasteiger partial charge in [-0.3, -0.25) is 41.5 Å². The summed E-state index contributed by atoms with van der Waals surface area (Å²) in [4.78, 5) is 50.2. The van der Waals surface area contributed by atoms with E-state index in [1.807, 2.05) is 121 Å². The van der Waals surface area contributed by atoms with E-state index in [0.29, 0.717) is 5.06 Å². The number of amides is 2. The van der Waals surface area contributed by atoms with E-state index < -0.39 is 39.4 Å². The van der Waals surface area contributed by atoms with E-state index in [0.717, 1.165) is 22.3 Å². The molecule has 0 aliphatic carbocycles. The molecular weight excluding hydrogens is 780 g/mol. The maximum Gasteiger partial charge on any atom is 0.475 e. The minimum atomic E-state index is -3.93. The van der Waals surface area contributed by atoms with Crippen molar-refractivity contribution >= 4 is 39.4 Å². The normalized spacial score (nSPS) is 12.9. The molecule has 1 heterocycles. The largest absolute Gasteiger partial charge is 0.481 e. The van der Waals surface area contributed by atoms with Crippen molar-refractivity contribution in [2.75, 3.05) is 13.2 Å². The highest BCUT2D eigenvalue weighted by molar-refractivity contribution is 7.48. The fourth-order valence-electron chi connectivity index (χ4n) is 4.73. The minimum Gasteiger partial charge on any atom is -0.481 e. The van der Waals surface area contributed by atoms with E-state index in [4.69, 9.17) is 37.1 Å². The fraction of sp³-hybridized carbons (Fsp3) is 0.300. The van der Waals surface area contributed by atoms with Crippen LogP contribution in [0.1, 0.15) is 60.8 Å². The lowest BCUT2D eigenvalue weighted by molar-refractivity contribution is -0.197. The fourth-order valence-corrected chi connectivity index (χ4v) is 7.11. The van der Waals surface area contributed by atoms with Crippen LogP contribution in [0.4, 0.5) is 0 Å². The number of carbonyl (C=O) groups is 4. The Morgan fingerprint density at radius 2 is 0.825 bits per heavy atom. The second-order valence-corrected chi connectivity index (χ2v) is 15.6. The van der Waals surface area contributed by atoms with Gasteiger partial charge < -0.3 is 9.94 Å². The van der Waals surface area contributed by atoms with Gasteiger partial charge in [0.15, 0.2) is 0 Å². The third-order valence-electron chi connectivity index (χ3n) is 7.69. The van der Waals surface area contributed by atoms with E-state index in [2.05, 4.69) is 0 Å². The summed E-state index contributed by atoms with van der Waals surface area (Å²) in [5.41, 5.74) is 3.26. The molecule has 1 N–H and O–H groups in total. The number of phosphoric acid groups is 2. The molecule has 0 atom stereocenters. The number of carboxylic acid groups (broad SMARTS) is 1. The van der Waals surface area contributed by atoms with Crippen LogP contribution in [-0.2, 0) is 86.7 Å². The molecular formula is C40H45NO14P2. The summed E-state index contributed by atoms with van der Waals surface area (Å²) in [6.45, 7) is 0.0605. The van der Waals surface area contributed by atoms with Crippen molar-refractivity contribution in [3.8, 4) is 0 Å². The average molecular weight is 826 g/mol. The van der Waals surface area contributed by atoms with E-state index in [1.165, 1.54) is 0 Å². The highest BCUT2D eigenvalue weighted by atomic mass is 31.2. The van der Waals surface area contributed by atoms with Crippen LogP contribution in [0.15, 0.2) is 121 Å². The molecule has 0 unspecified atom stereocenters. The van der Waals surface area contributed by atoms with E-state index in [9.17, 15) is 28.3 Å². The predicted molar refractivity (Wildman–Crippen MR) is 205 cm³/mol. The number of aliphatic carboxylic acids is 1. The molecule has 4 aromatic rings. The van der Waals surface area contributed by atoms with Gasteiger partial charge in [-0.25, -0.2) is 13.9 Å². The first kappa shape index (κ1) is 44.9. The number of hydrogen-bond donors (Lipinski definition) is 1. The van der Waals surface area contributed by atoms with Crippen molar-refractivity contribution in [2.45, 2.75) is 65.0 Å². The van der Waals surface area contributed by atoms with Crippen molar-refractivity contribution in [2.24, 2.45) is 0 Å². The molecule has 0 radical (unpaired) electrons. The summed E-state index contributed by atoms with van der Waals surface area (Å²) in [5, 5.41) is 9.15. The number of imide groups is 1. The maximum absolute atomic E-state index is 13.1. The Morgan fingerprint density at radius 1 is 0.509 bits per heavy atom. The predicted octanol–water partition coefficient (Wildman–Crippen LogP) is 8.34. The van der Waals surface area contributed by atoms with Crippen LogP contribution in [0, 0.1) is 0 Å². The van der Waals surface area contributed by atoms with Gasteiger partial charge in [0.1, 0.15) is 0 Å². The van der Waals surface area contributed by atoms with Crippen LogP contribution in [0.5, 0.6) is 0 Å². The lowest BCUT2D eigenvalue weighted by atomic mass is 10.2. The second-order valence-electron chi connectivity index (χ2n) is 12.2. The molecule has 1 saturated heterocycles. The van der Waals surface area contributed by atoms with Gasteiger partial charge in [-0.1, -0.05) is 121 Å². The second kappa shape index (κ2) is 24.1. The Bertz CT molecular complexity index is 1820. The lowest BCUT2D eigenvalue weighted by Crippen LogP contribution is -2.32. The molecule has 17 heteroatoms. The van der Waals surface area contributed by atoms with Crippen molar-refractivity contribution in [1.82, 2.24) is 5.06 Å². The highest BCUT2D eigenvalue weighted by Crippen LogP contribution is 2.52. The van der Waals surface area contributed by atoms with E-state index in [1.54, 1.807) is 0 Å². The van der Waals surface area contributed by atoms with Crippen LogP contribution in [0.3, 0.4) is 0 Å². The van der Waals surface area contributed by atoms with Gasteiger partial charge in [0.05, 0.1) is 46.1 Å². The van der Waals surface area contributed by atoms with Gasteiger partial charge in [0.2, 0.25) is 0 Å². The maximum atomic E-state index is 13.1. The molecule has 4 aromatic carbocycles. The smallest absolute Gasteiger partial charge is 0.475 e. The van der Waals surface area contributed by atoms with Gasteiger partial charge >= 0.3 is 27.6 Å². The summed E-state index contributed by atoms with van der Waals surface area (Å²) in [5.74, 6) is -2.79. The zero-order chi connectivity index (χ0) is 40.8. The molecule has 304 valence electrons. The monoisotopic (exact) mass is 825 g/mol. The number of carboxylic acids is 1. The first-order valence-corrected chi connectivity index (χ1v) is 21.0. The van der Waals surface area contributed by atoms with Crippen molar-refractivity contribution in [1.29, 1.82) is 0 Å². The van der Waals surface area contributed by atoms with Crippen LogP contribution in [0.25, 0.3) is 0 Å². The van der Waals surface area contributed by atoms with Gasteiger partial charge in [0.25, 0.3) is 11.8 Å². The van der Waals surface area contributed by atoms with Gasteiger partial charge in [-0.05, 0) is 35.1 Å². The molecule has 0 spiro atoms. The summed E-state index contributed by atoms with van der Waals surface area (Å²) in [6, 6.07) is 36.8. The Balaban J connectivity index is 0.000000261. The number of phosphoric ester groups is 2. The zero-order valence-corrected chi connectivity index (χ0v) is 32.9. The SMILES string of the molecule is O=C(CCCOP(=O)(OCc1ccccc1)OCc1ccccc1)ON1C(=O)CCC1=O.O=C(O)CCCOP(=O)(OCc1ccccc1)OCc1ccccc1. The highest BCUT2D eigenvalue weighted by Gasteiger charge is 2.33. The standard InChI is InChI=1S/C22H24NO8P.C18H21O6P/c24-20-13-14-21(25)23(20)31-22(26)12-7-15-28-32(27,29-16-18-8-3-1-4-9-18)30-17-19-10-5-2-6-11-19;19-18(20)12-7-13-22-25(21,23-14-16-8-3-1-4-9-16)24-15-17-10-5-2-6-11-17/h1-6,8-11H,7,12-17H2;1-6,8-11H,7,12-15H2,(H,19,20). The third-order valence-corrected chi connectivity index (χ3v) is 10.5. The molecule has 0 bridgehead atoms. The number of carbonyl (C=O) groups excluding carboxylic acids is 3. The molecule has 57 heavy (non-hydrogen) atoms. The number of hydrogen-bond acceptors (Lipinski definition) is 13. The third kappa shape index (κ3) is 17.5. The summed E-state index contributed by atoms with van der Waals surface area (Å²) < 4.78 is 58.3. The Hall–Kier alpha value is -4.82. The number of hydroxylamine groups is 2. The Kier molecular flexibility index (Phi) is 19.0. The zero-order valence-electron chi connectivity index (χ0n) is 31.1. The van der Waals surface area contributed by atoms with E-state index in [-0.39, 0.29) is 78.2 Å². The number of benzene rings is 4. The van der Waals surface area contributed by atoms with Gasteiger partial charge in [0, 0.05) is 19.3 Å². The quantitative estimate of drug-likeness (QED) is 0.0426. The first-order valence-electron chi connectivity index (χ1n) is 18.0. The number of nitrogens with zero attached hydrogens (tertiary/aromatic N) is 1. The van der Waals surface area contributed by atoms with E-state index >= 15 is 0 Å². The lowest BCUT2D eigenvalue weighted by Gasteiger charge is -2.18. The minimum absolute atomic E-state index is 0.0207. The van der Waals surface area contributed by atoms with Crippen LogP contribution in [-0.4, -0.2) is 47.1 Å². The van der Waals surface area contributed by atoms with Crippen molar-refractivity contribution in [3.63, 3.8) is 0 Å². The number of rotatable bonds is 23. The first-order chi connectivity index (χ1) is 27.5. The molecule has 5 rings (SSSR count). The molecule has 15 nitrogen and oxygen atoms in total. The summed E-state index contributed by atoms with van der Waals surface area (Å²) >= 11 is 0. The Morgan fingerprint density at radius 3 is 1.14 bits per heavy atom.